The number of hydrogen-bond acceptors (Lipinski definition) is 6. The van der Waals surface area contributed by atoms with Crippen LogP contribution >= 0.6 is 0 Å². The lowest BCUT2D eigenvalue weighted by Crippen LogP contribution is -2.19. The second-order valence-electron chi connectivity index (χ2n) is 10.1. The molecule has 0 aliphatic rings. The zero-order valence-corrected chi connectivity index (χ0v) is 22.0. The monoisotopic (exact) mass is 485 g/mol. The van der Waals surface area contributed by atoms with Gasteiger partial charge in [-0.15, -0.1) is 0 Å². The number of ether oxygens (including phenoxy) is 3. The average Bonchev–Trinajstić information content (AvgIpc) is 2.84. The van der Waals surface area contributed by atoms with Crippen molar-refractivity contribution in [1.82, 2.24) is 9.88 Å². The topological polar surface area (TPSA) is 55.9 Å². The maximum atomic E-state index is 6.23. The van der Waals surface area contributed by atoms with Crippen molar-refractivity contribution < 1.29 is 14.2 Å². The first kappa shape index (κ1) is 25.3. The van der Waals surface area contributed by atoms with Gasteiger partial charge in [-0.3, -0.25) is 4.98 Å². The normalized spacial score (nSPS) is 11.5. The van der Waals surface area contributed by atoms with Gasteiger partial charge in [-0.05, 0) is 73.6 Å². The Morgan fingerprint density at radius 3 is 2.11 bits per heavy atom. The molecule has 4 rings (SSSR count). The molecule has 6 heteroatoms. The molecule has 6 nitrogen and oxygen atoms in total. The number of pyridine rings is 1. The highest BCUT2D eigenvalue weighted by atomic mass is 16.5. The summed E-state index contributed by atoms with van der Waals surface area (Å²) in [5.74, 6) is 2.76. The van der Waals surface area contributed by atoms with E-state index in [1.165, 1.54) is 5.56 Å². The average molecular weight is 486 g/mol. The minimum atomic E-state index is 0.138. The highest BCUT2D eigenvalue weighted by Crippen LogP contribution is 2.37. The van der Waals surface area contributed by atoms with Gasteiger partial charge in [0, 0.05) is 35.6 Å². The molecule has 0 spiro atoms. The summed E-state index contributed by atoms with van der Waals surface area (Å²) < 4.78 is 17.8. The Hall–Kier alpha value is -3.77. The van der Waals surface area contributed by atoms with Gasteiger partial charge in [-0.2, -0.15) is 0 Å². The van der Waals surface area contributed by atoms with Gasteiger partial charge in [-0.1, -0.05) is 32.9 Å². The standard InChI is InChI=1S/C30H35N3O3/c1-30(2,3)21-7-9-22(10-8-21)32-23-11-13-24(14-12-23)36-27-15-16-31-26-20-29(35-18-17-33(4)5)28(34-6)19-25(26)27/h7-16,19-20,32H,17-18H2,1-6H3. The molecule has 1 heterocycles. The van der Waals surface area contributed by atoms with Crippen molar-refractivity contribution in [3.8, 4) is 23.0 Å². The summed E-state index contributed by atoms with van der Waals surface area (Å²) >= 11 is 0. The molecule has 0 bridgehead atoms. The molecule has 188 valence electrons. The fourth-order valence-electron chi connectivity index (χ4n) is 3.78. The van der Waals surface area contributed by atoms with Gasteiger partial charge in [0.1, 0.15) is 18.1 Å². The van der Waals surface area contributed by atoms with Crippen molar-refractivity contribution >= 4 is 22.3 Å². The highest BCUT2D eigenvalue weighted by molar-refractivity contribution is 5.88. The van der Waals surface area contributed by atoms with E-state index in [1.807, 2.05) is 56.6 Å². The Labute approximate surface area is 213 Å². The number of aromatic nitrogens is 1. The van der Waals surface area contributed by atoms with Crippen molar-refractivity contribution in [1.29, 1.82) is 0 Å². The summed E-state index contributed by atoms with van der Waals surface area (Å²) in [7, 11) is 5.66. The van der Waals surface area contributed by atoms with Gasteiger partial charge < -0.3 is 24.4 Å². The first-order chi connectivity index (χ1) is 17.2. The number of fused-ring (bicyclic) bond motifs is 1. The van der Waals surface area contributed by atoms with Crippen LogP contribution in [0.25, 0.3) is 10.9 Å². The number of likely N-dealkylation sites (N-methyl/N-ethyl adjacent to an activating group) is 1. The summed E-state index contributed by atoms with van der Waals surface area (Å²) in [6, 6.07) is 22.2. The highest BCUT2D eigenvalue weighted by Gasteiger charge is 2.14. The van der Waals surface area contributed by atoms with Crippen LogP contribution in [0.3, 0.4) is 0 Å². The second kappa shape index (κ2) is 10.9. The van der Waals surface area contributed by atoms with E-state index in [9.17, 15) is 0 Å². The number of anilines is 2. The lowest BCUT2D eigenvalue weighted by molar-refractivity contribution is 0.251. The first-order valence-corrected chi connectivity index (χ1v) is 12.1. The van der Waals surface area contributed by atoms with Crippen LogP contribution in [0.2, 0.25) is 0 Å². The maximum absolute atomic E-state index is 6.23. The molecule has 0 aliphatic carbocycles. The van der Waals surface area contributed by atoms with E-state index in [-0.39, 0.29) is 5.41 Å². The Balaban J connectivity index is 1.49. The van der Waals surface area contributed by atoms with E-state index < -0.39 is 0 Å². The quantitative estimate of drug-likeness (QED) is 0.275. The van der Waals surface area contributed by atoms with Gasteiger partial charge in [0.05, 0.1) is 12.6 Å². The molecule has 0 saturated carbocycles. The van der Waals surface area contributed by atoms with Crippen LogP contribution in [0.5, 0.6) is 23.0 Å². The fraction of sp³-hybridized carbons (Fsp3) is 0.300. The molecule has 0 amide bonds. The Kier molecular flexibility index (Phi) is 7.65. The van der Waals surface area contributed by atoms with E-state index in [2.05, 4.69) is 60.2 Å². The minimum Gasteiger partial charge on any atom is -0.493 e. The van der Waals surface area contributed by atoms with Crippen LogP contribution in [0, 0.1) is 0 Å². The molecule has 1 aromatic heterocycles. The van der Waals surface area contributed by atoms with Gasteiger partial charge >= 0.3 is 0 Å². The largest absolute Gasteiger partial charge is 0.493 e. The number of nitrogens with one attached hydrogen (secondary N) is 1. The minimum absolute atomic E-state index is 0.138. The molecule has 3 aromatic carbocycles. The van der Waals surface area contributed by atoms with Crippen LogP contribution < -0.4 is 19.5 Å². The van der Waals surface area contributed by atoms with E-state index >= 15 is 0 Å². The predicted octanol–water partition coefficient (Wildman–Crippen LogP) is 7.02. The smallest absolute Gasteiger partial charge is 0.163 e. The van der Waals surface area contributed by atoms with Crippen molar-refractivity contribution in [3.05, 3.63) is 78.5 Å². The van der Waals surface area contributed by atoms with Gasteiger partial charge in [-0.25, -0.2) is 0 Å². The van der Waals surface area contributed by atoms with Gasteiger partial charge in [0.2, 0.25) is 0 Å². The predicted molar refractivity (Wildman–Crippen MR) is 147 cm³/mol. The van der Waals surface area contributed by atoms with Crippen molar-refractivity contribution in [2.24, 2.45) is 0 Å². The lowest BCUT2D eigenvalue weighted by atomic mass is 9.87. The Morgan fingerprint density at radius 2 is 1.50 bits per heavy atom. The molecule has 0 saturated heterocycles. The molecule has 0 atom stereocenters. The lowest BCUT2D eigenvalue weighted by Gasteiger charge is -2.19. The molecule has 0 fully saturated rings. The summed E-state index contributed by atoms with van der Waals surface area (Å²) in [4.78, 5) is 6.58. The van der Waals surface area contributed by atoms with Crippen LogP contribution in [-0.2, 0) is 5.41 Å². The van der Waals surface area contributed by atoms with E-state index in [4.69, 9.17) is 14.2 Å². The van der Waals surface area contributed by atoms with E-state index in [1.54, 1.807) is 13.3 Å². The number of hydrogen-bond donors (Lipinski definition) is 1. The first-order valence-electron chi connectivity index (χ1n) is 12.1. The second-order valence-corrected chi connectivity index (χ2v) is 10.1. The Morgan fingerprint density at radius 1 is 0.833 bits per heavy atom. The molecular weight excluding hydrogens is 450 g/mol. The summed E-state index contributed by atoms with van der Waals surface area (Å²) in [6.45, 7) is 8.03. The summed E-state index contributed by atoms with van der Waals surface area (Å²) in [5, 5.41) is 4.31. The van der Waals surface area contributed by atoms with E-state index in [0.29, 0.717) is 23.9 Å². The van der Waals surface area contributed by atoms with E-state index in [0.717, 1.165) is 34.6 Å². The van der Waals surface area contributed by atoms with Crippen LogP contribution in [0.15, 0.2) is 72.9 Å². The molecule has 36 heavy (non-hydrogen) atoms. The fourth-order valence-corrected chi connectivity index (χ4v) is 3.78. The van der Waals surface area contributed by atoms with Crippen molar-refractivity contribution in [2.45, 2.75) is 26.2 Å². The SMILES string of the molecule is COc1cc2c(Oc3ccc(Nc4ccc(C(C)(C)C)cc4)cc3)ccnc2cc1OCCN(C)C. The zero-order chi connectivity index (χ0) is 25.7. The van der Waals surface area contributed by atoms with Crippen LogP contribution in [-0.4, -0.2) is 44.2 Å². The molecule has 0 unspecified atom stereocenters. The molecule has 0 radical (unpaired) electrons. The Bertz CT molecular complexity index is 1290. The summed E-state index contributed by atoms with van der Waals surface area (Å²) in [5.41, 5.74) is 4.27. The number of methoxy groups -OCH3 is 1. The van der Waals surface area contributed by atoms with Gasteiger partial charge in [0.15, 0.2) is 11.5 Å². The summed E-state index contributed by atoms with van der Waals surface area (Å²) in [6.07, 6.45) is 1.74. The van der Waals surface area contributed by atoms with Crippen molar-refractivity contribution in [2.75, 3.05) is 39.7 Å². The van der Waals surface area contributed by atoms with Crippen molar-refractivity contribution in [3.63, 3.8) is 0 Å². The van der Waals surface area contributed by atoms with Crippen LogP contribution in [0.4, 0.5) is 11.4 Å². The maximum Gasteiger partial charge on any atom is 0.163 e. The third kappa shape index (κ3) is 6.26. The molecular formula is C30H35N3O3. The number of benzene rings is 3. The zero-order valence-electron chi connectivity index (χ0n) is 22.0. The third-order valence-electron chi connectivity index (χ3n) is 5.90. The third-order valence-corrected chi connectivity index (χ3v) is 5.90. The molecule has 0 aliphatic heterocycles. The number of rotatable bonds is 9. The number of nitrogens with zero attached hydrogens (tertiary/aromatic N) is 2. The van der Waals surface area contributed by atoms with Crippen LogP contribution in [0.1, 0.15) is 26.3 Å². The molecule has 4 aromatic rings. The van der Waals surface area contributed by atoms with Gasteiger partial charge in [0.25, 0.3) is 0 Å². The molecule has 1 N–H and O–H groups in total.